The first-order chi connectivity index (χ1) is 9.06. The van der Waals surface area contributed by atoms with Crippen LogP contribution < -0.4 is 0 Å². The summed E-state index contributed by atoms with van der Waals surface area (Å²) < 4.78 is 0.498. The lowest BCUT2D eigenvalue weighted by molar-refractivity contribution is -0.384. The molecule has 1 heterocycles. The highest BCUT2D eigenvalue weighted by atomic mass is 79.9. The highest BCUT2D eigenvalue weighted by Crippen LogP contribution is 2.28. The molecule has 7 nitrogen and oxygen atoms in total. The van der Waals surface area contributed by atoms with Gasteiger partial charge in [-0.1, -0.05) is 0 Å². The molecule has 96 valence electrons. The molecule has 0 aliphatic heterocycles. The number of pyridine rings is 1. The molecule has 0 saturated heterocycles. The van der Waals surface area contributed by atoms with Crippen LogP contribution in [-0.4, -0.2) is 15.0 Å². The average Bonchev–Trinajstić information content (AvgIpc) is 2.38. The van der Waals surface area contributed by atoms with Gasteiger partial charge in [0.15, 0.2) is 5.82 Å². The Balaban J connectivity index is 2.20. The molecule has 0 saturated carbocycles. The molecule has 0 fully saturated rings. The first kappa shape index (κ1) is 13.1. The highest BCUT2D eigenvalue weighted by molar-refractivity contribution is 9.10. The molecule has 2 aromatic rings. The topological polar surface area (TPSA) is 101 Å². The van der Waals surface area contributed by atoms with Crippen LogP contribution >= 0.6 is 15.9 Å². The Morgan fingerprint density at radius 1 is 1.26 bits per heavy atom. The summed E-state index contributed by atoms with van der Waals surface area (Å²) in [7, 11) is 0. The van der Waals surface area contributed by atoms with E-state index in [2.05, 4.69) is 31.1 Å². The standard InChI is InChI=1S/C11H7BrN4O3/c12-10-5-9(17)6-13-11(10)15-14-7-1-3-8(4-2-7)16(18)19/h1-6,17H/b15-14+. The second-order valence-electron chi connectivity index (χ2n) is 3.47. The third kappa shape index (κ3) is 3.32. The van der Waals surface area contributed by atoms with Crippen molar-refractivity contribution in [3.63, 3.8) is 0 Å². The number of nitro groups is 1. The molecule has 0 aliphatic rings. The summed E-state index contributed by atoms with van der Waals surface area (Å²) >= 11 is 3.19. The maximum absolute atomic E-state index is 10.5. The molecular formula is C11H7BrN4O3. The van der Waals surface area contributed by atoms with E-state index in [0.29, 0.717) is 16.0 Å². The molecule has 0 aliphatic carbocycles. The van der Waals surface area contributed by atoms with Crippen LogP contribution in [0.15, 0.2) is 51.2 Å². The fourth-order valence-corrected chi connectivity index (χ4v) is 1.66. The van der Waals surface area contributed by atoms with E-state index in [4.69, 9.17) is 0 Å². The Morgan fingerprint density at radius 3 is 2.53 bits per heavy atom. The third-order valence-electron chi connectivity index (χ3n) is 2.13. The number of hydrogen-bond acceptors (Lipinski definition) is 6. The molecule has 0 atom stereocenters. The minimum absolute atomic E-state index is 0.0112. The number of non-ortho nitro benzene ring substituents is 1. The van der Waals surface area contributed by atoms with Gasteiger partial charge in [0, 0.05) is 12.1 Å². The summed E-state index contributed by atoms with van der Waals surface area (Å²) in [6.07, 6.45) is 1.24. The maximum atomic E-state index is 10.5. The quantitative estimate of drug-likeness (QED) is 0.526. The van der Waals surface area contributed by atoms with Crippen molar-refractivity contribution in [1.82, 2.24) is 4.98 Å². The molecule has 0 bridgehead atoms. The number of halogens is 1. The molecule has 0 spiro atoms. The zero-order valence-corrected chi connectivity index (χ0v) is 11.0. The molecule has 2 rings (SSSR count). The third-order valence-corrected chi connectivity index (χ3v) is 2.71. The molecule has 0 unspecified atom stereocenters. The molecule has 0 amide bonds. The van der Waals surface area contributed by atoms with Gasteiger partial charge in [0.25, 0.3) is 5.69 Å². The van der Waals surface area contributed by atoms with Gasteiger partial charge in [0.05, 0.1) is 21.3 Å². The average molecular weight is 323 g/mol. The van der Waals surface area contributed by atoms with Crippen molar-refractivity contribution >= 4 is 33.1 Å². The highest BCUT2D eigenvalue weighted by Gasteiger charge is 2.04. The summed E-state index contributed by atoms with van der Waals surface area (Å²) in [6, 6.07) is 7.09. The zero-order valence-electron chi connectivity index (χ0n) is 9.39. The lowest BCUT2D eigenvalue weighted by Crippen LogP contribution is -1.85. The smallest absolute Gasteiger partial charge is 0.269 e. The predicted octanol–water partition coefficient (Wildman–Crippen LogP) is 3.87. The molecule has 0 radical (unpaired) electrons. The fourth-order valence-electron chi connectivity index (χ4n) is 1.24. The number of aromatic hydroxyl groups is 1. The van der Waals surface area contributed by atoms with E-state index in [1.54, 1.807) is 0 Å². The first-order valence-corrected chi connectivity index (χ1v) is 5.86. The molecule has 8 heteroatoms. The normalized spacial score (nSPS) is 10.8. The number of rotatable bonds is 3. The maximum Gasteiger partial charge on any atom is 0.269 e. The van der Waals surface area contributed by atoms with Crippen LogP contribution in [-0.2, 0) is 0 Å². The number of aromatic nitrogens is 1. The van der Waals surface area contributed by atoms with Crippen molar-refractivity contribution in [1.29, 1.82) is 0 Å². The van der Waals surface area contributed by atoms with Gasteiger partial charge in [-0.2, -0.15) is 0 Å². The Hall–Kier alpha value is -2.35. The minimum Gasteiger partial charge on any atom is -0.506 e. The van der Waals surface area contributed by atoms with E-state index < -0.39 is 4.92 Å². The van der Waals surface area contributed by atoms with Crippen LogP contribution in [0.1, 0.15) is 0 Å². The first-order valence-electron chi connectivity index (χ1n) is 5.07. The SMILES string of the molecule is O=[N+]([O-])c1ccc(/N=N/c2ncc(O)cc2Br)cc1. The van der Waals surface area contributed by atoms with Gasteiger partial charge in [-0.15, -0.1) is 10.2 Å². The van der Waals surface area contributed by atoms with Crippen molar-refractivity contribution in [3.8, 4) is 5.75 Å². The van der Waals surface area contributed by atoms with Gasteiger partial charge in [-0.05, 0) is 34.1 Å². The van der Waals surface area contributed by atoms with Crippen LogP contribution in [0.3, 0.4) is 0 Å². The van der Waals surface area contributed by atoms with Crippen molar-refractivity contribution in [2.45, 2.75) is 0 Å². The van der Waals surface area contributed by atoms with E-state index in [1.165, 1.54) is 36.5 Å². The van der Waals surface area contributed by atoms with Crippen molar-refractivity contribution < 1.29 is 10.0 Å². The second-order valence-corrected chi connectivity index (χ2v) is 4.33. The Labute approximate surface area is 115 Å². The lowest BCUT2D eigenvalue weighted by Gasteiger charge is -1.97. The van der Waals surface area contributed by atoms with Gasteiger partial charge in [-0.25, -0.2) is 4.98 Å². The Kier molecular flexibility index (Phi) is 3.81. The van der Waals surface area contributed by atoms with Crippen LogP contribution in [0, 0.1) is 10.1 Å². The monoisotopic (exact) mass is 322 g/mol. The van der Waals surface area contributed by atoms with E-state index in [-0.39, 0.29) is 11.4 Å². The van der Waals surface area contributed by atoms with Crippen LogP contribution in [0.5, 0.6) is 5.75 Å². The van der Waals surface area contributed by atoms with E-state index in [0.717, 1.165) is 0 Å². The van der Waals surface area contributed by atoms with Gasteiger partial charge >= 0.3 is 0 Å². The van der Waals surface area contributed by atoms with E-state index in [9.17, 15) is 15.2 Å². The van der Waals surface area contributed by atoms with Gasteiger partial charge < -0.3 is 5.11 Å². The largest absolute Gasteiger partial charge is 0.506 e. The number of nitrogens with zero attached hydrogens (tertiary/aromatic N) is 4. The molecule has 19 heavy (non-hydrogen) atoms. The molecular weight excluding hydrogens is 316 g/mol. The Bertz CT molecular complexity index is 643. The molecule has 1 N–H and O–H groups in total. The summed E-state index contributed by atoms with van der Waals surface area (Å²) in [4.78, 5) is 13.9. The van der Waals surface area contributed by atoms with Gasteiger partial charge in [0.2, 0.25) is 0 Å². The van der Waals surface area contributed by atoms with Crippen LogP contribution in [0.25, 0.3) is 0 Å². The van der Waals surface area contributed by atoms with Crippen LogP contribution in [0.2, 0.25) is 0 Å². The molecule has 1 aromatic carbocycles. The van der Waals surface area contributed by atoms with Crippen molar-refractivity contribution in [2.24, 2.45) is 10.2 Å². The summed E-state index contributed by atoms with van der Waals surface area (Å²) in [5.41, 5.74) is 0.454. The van der Waals surface area contributed by atoms with Crippen LogP contribution in [0.4, 0.5) is 17.2 Å². The van der Waals surface area contributed by atoms with Gasteiger partial charge in [-0.3, -0.25) is 10.1 Å². The summed E-state index contributed by atoms with van der Waals surface area (Å²) in [5, 5.41) is 27.4. The minimum atomic E-state index is -0.487. The summed E-state index contributed by atoms with van der Waals surface area (Å²) in [6.45, 7) is 0. The lowest BCUT2D eigenvalue weighted by atomic mass is 10.3. The number of hydrogen-bond donors (Lipinski definition) is 1. The van der Waals surface area contributed by atoms with Crippen molar-refractivity contribution in [2.75, 3.05) is 0 Å². The van der Waals surface area contributed by atoms with Crippen molar-refractivity contribution in [3.05, 3.63) is 51.1 Å². The fraction of sp³-hybridized carbons (Fsp3) is 0. The number of azo groups is 1. The van der Waals surface area contributed by atoms with E-state index in [1.807, 2.05) is 0 Å². The van der Waals surface area contributed by atoms with Gasteiger partial charge in [0.1, 0.15) is 5.75 Å². The molecule has 1 aromatic heterocycles. The zero-order chi connectivity index (χ0) is 13.8. The summed E-state index contributed by atoms with van der Waals surface area (Å²) in [5.74, 6) is 0.317. The Morgan fingerprint density at radius 2 is 1.95 bits per heavy atom. The number of benzene rings is 1. The second kappa shape index (κ2) is 5.53. The van der Waals surface area contributed by atoms with E-state index >= 15 is 0 Å². The predicted molar refractivity (Wildman–Crippen MR) is 70.9 cm³/mol. The number of nitro benzene ring substituents is 1.